The third-order valence-corrected chi connectivity index (χ3v) is 3.95. The highest BCUT2D eigenvalue weighted by atomic mass is 32.1. The normalized spacial score (nSPS) is 16.4. The lowest BCUT2D eigenvalue weighted by atomic mass is 10.1. The second-order valence-electron chi connectivity index (χ2n) is 4.00. The SMILES string of the molecule is CNCC(=O)c1cc2c(s1)CCN(C)C2. The molecule has 0 bridgehead atoms. The van der Waals surface area contributed by atoms with Crippen molar-refractivity contribution >= 4 is 17.1 Å². The van der Waals surface area contributed by atoms with E-state index in [1.807, 2.05) is 0 Å². The summed E-state index contributed by atoms with van der Waals surface area (Å²) in [7, 11) is 3.93. The monoisotopic (exact) mass is 224 g/mol. The van der Waals surface area contributed by atoms with Gasteiger partial charge in [0.2, 0.25) is 0 Å². The molecule has 0 atom stereocenters. The van der Waals surface area contributed by atoms with Crippen LogP contribution in [0.4, 0.5) is 0 Å². The summed E-state index contributed by atoms with van der Waals surface area (Å²) in [4.78, 5) is 16.3. The summed E-state index contributed by atoms with van der Waals surface area (Å²) in [6, 6.07) is 2.06. The highest BCUT2D eigenvalue weighted by Crippen LogP contribution is 2.27. The molecule has 0 amide bonds. The lowest BCUT2D eigenvalue weighted by Crippen LogP contribution is -2.25. The number of rotatable bonds is 3. The zero-order chi connectivity index (χ0) is 10.8. The van der Waals surface area contributed by atoms with E-state index in [1.54, 1.807) is 18.4 Å². The molecule has 3 nitrogen and oxygen atoms in total. The van der Waals surface area contributed by atoms with Crippen molar-refractivity contribution in [1.29, 1.82) is 0 Å². The number of likely N-dealkylation sites (N-methyl/N-ethyl adjacent to an activating group) is 2. The van der Waals surface area contributed by atoms with E-state index in [9.17, 15) is 4.79 Å². The Bertz CT molecular complexity index is 373. The van der Waals surface area contributed by atoms with Gasteiger partial charge in [0.05, 0.1) is 11.4 Å². The Labute approximate surface area is 94.1 Å². The van der Waals surface area contributed by atoms with Gasteiger partial charge in [-0.1, -0.05) is 0 Å². The van der Waals surface area contributed by atoms with Crippen LogP contribution in [0, 0.1) is 0 Å². The maximum Gasteiger partial charge on any atom is 0.186 e. The van der Waals surface area contributed by atoms with E-state index >= 15 is 0 Å². The fourth-order valence-corrected chi connectivity index (χ4v) is 2.96. The number of thiophene rings is 1. The van der Waals surface area contributed by atoms with E-state index in [4.69, 9.17) is 0 Å². The molecule has 1 aliphatic heterocycles. The average molecular weight is 224 g/mol. The Hall–Kier alpha value is -0.710. The van der Waals surface area contributed by atoms with Crippen molar-refractivity contribution in [3.05, 3.63) is 21.4 Å². The van der Waals surface area contributed by atoms with Crippen molar-refractivity contribution in [1.82, 2.24) is 10.2 Å². The fourth-order valence-electron chi connectivity index (χ4n) is 1.86. The number of ketones is 1. The molecule has 0 aromatic carbocycles. The largest absolute Gasteiger partial charge is 0.313 e. The first-order chi connectivity index (χ1) is 7.20. The third kappa shape index (κ3) is 2.27. The molecule has 2 heterocycles. The molecule has 0 unspecified atom stereocenters. The van der Waals surface area contributed by atoms with Crippen LogP contribution in [0.15, 0.2) is 6.07 Å². The highest BCUT2D eigenvalue weighted by Gasteiger charge is 2.18. The number of nitrogens with zero attached hydrogens (tertiary/aromatic N) is 1. The summed E-state index contributed by atoms with van der Waals surface area (Å²) in [6.07, 6.45) is 1.09. The van der Waals surface area contributed by atoms with Gasteiger partial charge in [0.15, 0.2) is 5.78 Å². The molecule has 4 heteroatoms. The van der Waals surface area contributed by atoms with Gasteiger partial charge in [-0.2, -0.15) is 0 Å². The molecule has 2 rings (SSSR count). The summed E-state index contributed by atoms with van der Waals surface area (Å²) in [5.74, 6) is 0.208. The Balaban J connectivity index is 2.19. The fraction of sp³-hybridized carbons (Fsp3) is 0.545. The first kappa shape index (κ1) is 10.8. The van der Waals surface area contributed by atoms with Crippen LogP contribution in [0.2, 0.25) is 0 Å². The van der Waals surface area contributed by atoms with Crippen molar-refractivity contribution in [2.75, 3.05) is 27.2 Å². The highest BCUT2D eigenvalue weighted by molar-refractivity contribution is 7.14. The number of hydrogen-bond acceptors (Lipinski definition) is 4. The molecular weight excluding hydrogens is 208 g/mol. The quantitative estimate of drug-likeness (QED) is 0.781. The molecule has 1 aromatic rings. The van der Waals surface area contributed by atoms with Gasteiger partial charge in [0.25, 0.3) is 0 Å². The minimum absolute atomic E-state index is 0.208. The van der Waals surface area contributed by atoms with Gasteiger partial charge < -0.3 is 10.2 Å². The number of hydrogen-bond donors (Lipinski definition) is 1. The van der Waals surface area contributed by atoms with Crippen LogP contribution in [0.3, 0.4) is 0 Å². The topological polar surface area (TPSA) is 32.3 Å². The molecule has 1 aromatic heterocycles. The van der Waals surface area contributed by atoms with Gasteiger partial charge in [-0.05, 0) is 32.1 Å². The molecule has 1 N–H and O–H groups in total. The summed E-state index contributed by atoms with van der Waals surface area (Å²) < 4.78 is 0. The smallest absolute Gasteiger partial charge is 0.186 e. The van der Waals surface area contributed by atoms with Crippen LogP contribution in [-0.2, 0) is 13.0 Å². The molecule has 0 radical (unpaired) electrons. The lowest BCUT2D eigenvalue weighted by molar-refractivity contribution is 0.0997. The first-order valence-electron chi connectivity index (χ1n) is 5.18. The van der Waals surface area contributed by atoms with Crippen molar-refractivity contribution in [2.24, 2.45) is 0 Å². The predicted molar refractivity (Wildman–Crippen MR) is 62.6 cm³/mol. The summed E-state index contributed by atoms with van der Waals surface area (Å²) in [5.41, 5.74) is 1.34. The second-order valence-corrected chi connectivity index (χ2v) is 5.14. The van der Waals surface area contributed by atoms with E-state index in [-0.39, 0.29) is 5.78 Å². The standard InChI is InChI=1S/C11H16N2OS/c1-12-6-9(14)11-5-8-7-13(2)4-3-10(8)15-11/h5,12H,3-4,6-7H2,1-2H3. The molecule has 0 saturated carbocycles. The van der Waals surface area contributed by atoms with Gasteiger partial charge in [-0.15, -0.1) is 11.3 Å². The van der Waals surface area contributed by atoms with Gasteiger partial charge in [0, 0.05) is 18.0 Å². The molecule has 82 valence electrons. The zero-order valence-electron chi connectivity index (χ0n) is 9.17. The number of fused-ring (bicyclic) bond motifs is 1. The van der Waals surface area contributed by atoms with Crippen molar-refractivity contribution in [2.45, 2.75) is 13.0 Å². The zero-order valence-corrected chi connectivity index (χ0v) is 9.99. The minimum atomic E-state index is 0.208. The molecule has 0 saturated heterocycles. The number of carbonyl (C=O) groups is 1. The first-order valence-corrected chi connectivity index (χ1v) is 6.00. The summed E-state index contributed by atoms with van der Waals surface area (Å²) in [5, 5.41) is 2.90. The van der Waals surface area contributed by atoms with Crippen molar-refractivity contribution in [3.63, 3.8) is 0 Å². The maximum atomic E-state index is 11.7. The lowest BCUT2D eigenvalue weighted by Gasteiger charge is -2.21. The summed E-state index contributed by atoms with van der Waals surface area (Å²) >= 11 is 1.67. The predicted octanol–water partition coefficient (Wildman–Crippen LogP) is 1.14. The van der Waals surface area contributed by atoms with Crippen molar-refractivity contribution < 1.29 is 4.79 Å². The number of Topliss-reactive ketones (excluding diaryl/α,β-unsaturated/α-hetero) is 1. The van der Waals surface area contributed by atoms with E-state index in [2.05, 4.69) is 23.3 Å². The van der Waals surface area contributed by atoms with Crippen LogP contribution < -0.4 is 5.32 Å². The number of carbonyl (C=O) groups excluding carboxylic acids is 1. The second kappa shape index (κ2) is 4.43. The third-order valence-electron chi connectivity index (χ3n) is 2.67. The van der Waals surface area contributed by atoms with Gasteiger partial charge >= 0.3 is 0 Å². The Morgan fingerprint density at radius 2 is 2.47 bits per heavy atom. The molecular formula is C11H16N2OS. The Kier molecular flexibility index (Phi) is 3.19. The number of nitrogens with one attached hydrogen (secondary N) is 1. The van der Waals surface area contributed by atoms with Crippen LogP contribution in [0.5, 0.6) is 0 Å². The van der Waals surface area contributed by atoms with E-state index in [0.29, 0.717) is 6.54 Å². The van der Waals surface area contributed by atoms with Crippen molar-refractivity contribution in [3.8, 4) is 0 Å². The van der Waals surface area contributed by atoms with Gasteiger partial charge in [-0.3, -0.25) is 4.79 Å². The van der Waals surface area contributed by atoms with E-state index in [1.165, 1.54) is 10.4 Å². The van der Waals surface area contributed by atoms with Crippen LogP contribution >= 0.6 is 11.3 Å². The average Bonchev–Trinajstić information content (AvgIpc) is 2.60. The Morgan fingerprint density at radius 1 is 1.67 bits per heavy atom. The Morgan fingerprint density at radius 3 is 3.20 bits per heavy atom. The molecule has 0 spiro atoms. The van der Waals surface area contributed by atoms with Crippen LogP contribution in [0.25, 0.3) is 0 Å². The van der Waals surface area contributed by atoms with Gasteiger partial charge in [-0.25, -0.2) is 0 Å². The van der Waals surface area contributed by atoms with Crippen LogP contribution in [-0.4, -0.2) is 37.9 Å². The summed E-state index contributed by atoms with van der Waals surface area (Å²) in [6.45, 7) is 2.53. The molecule has 15 heavy (non-hydrogen) atoms. The molecule has 0 fully saturated rings. The minimum Gasteiger partial charge on any atom is -0.313 e. The molecule has 1 aliphatic rings. The van der Waals surface area contributed by atoms with Crippen LogP contribution in [0.1, 0.15) is 20.1 Å². The molecule has 0 aliphatic carbocycles. The van der Waals surface area contributed by atoms with E-state index < -0.39 is 0 Å². The maximum absolute atomic E-state index is 11.7. The van der Waals surface area contributed by atoms with Gasteiger partial charge in [0.1, 0.15) is 0 Å². The van der Waals surface area contributed by atoms with E-state index in [0.717, 1.165) is 24.4 Å².